The van der Waals surface area contributed by atoms with Crippen molar-refractivity contribution >= 4 is 29.1 Å². The topological polar surface area (TPSA) is 98.4 Å². The Hall–Kier alpha value is -3.39. The van der Waals surface area contributed by atoms with Gasteiger partial charge in [-0.1, -0.05) is 0 Å². The summed E-state index contributed by atoms with van der Waals surface area (Å²) < 4.78 is 0. The van der Waals surface area contributed by atoms with Crippen LogP contribution < -0.4 is 16.2 Å². The summed E-state index contributed by atoms with van der Waals surface area (Å²) in [6.45, 7) is 0.629. The van der Waals surface area contributed by atoms with E-state index in [2.05, 4.69) is 10.7 Å². The molecular formula is C20H22N5O3+. The Kier molecular flexibility index (Phi) is 4.70. The summed E-state index contributed by atoms with van der Waals surface area (Å²) in [6.07, 6.45) is 7.12. The molecule has 0 spiro atoms. The summed E-state index contributed by atoms with van der Waals surface area (Å²) in [4.78, 5) is 39.8. The van der Waals surface area contributed by atoms with Crippen LogP contribution in [0.1, 0.15) is 18.4 Å². The molecule has 0 bridgehead atoms. The third-order valence-electron chi connectivity index (χ3n) is 5.07. The molecule has 0 radical (unpaired) electrons. The third kappa shape index (κ3) is 3.29. The number of anilines is 1. The van der Waals surface area contributed by atoms with Crippen molar-refractivity contribution in [3.05, 3.63) is 59.5 Å². The largest absolute Gasteiger partial charge is 0.357 e. The van der Waals surface area contributed by atoms with Gasteiger partial charge < -0.3 is 10.2 Å². The highest BCUT2D eigenvalue weighted by atomic mass is 16.2. The van der Waals surface area contributed by atoms with Crippen molar-refractivity contribution in [3.63, 3.8) is 0 Å². The van der Waals surface area contributed by atoms with Crippen molar-refractivity contribution in [2.75, 3.05) is 25.5 Å². The Balaban J connectivity index is 1.42. The number of nitrogens with zero attached hydrogens (tertiary/aromatic N) is 2. The van der Waals surface area contributed by atoms with Crippen LogP contribution in [0.25, 0.3) is 5.70 Å². The van der Waals surface area contributed by atoms with Crippen LogP contribution in [0.4, 0.5) is 5.69 Å². The van der Waals surface area contributed by atoms with E-state index in [1.807, 2.05) is 48.0 Å². The summed E-state index contributed by atoms with van der Waals surface area (Å²) in [5.74, 6) is -0.792. The van der Waals surface area contributed by atoms with Crippen LogP contribution in [-0.2, 0) is 14.4 Å². The van der Waals surface area contributed by atoms with Crippen molar-refractivity contribution in [1.82, 2.24) is 15.2 Å². The quantitative estimate of drug-likeness (QED) is 0.501. The van der Waals surface area contributed by atoms with Gasteiger partial charge in [-0.15, -0.1) is 0 Å². The minimum atomic E-state index is -0.323. The van der Waals surface area contributed by atoms with Gasteiger partial charge in [0.05, 0.1) is 6.54 Å². The van der Waals surface area contributed by atoms with Gasteiger partial charge >= 0.3 is 0 Å². The first kappa shape index (κ1) is 18.0. The molecular weight excluding hydrogens is 358 g/mol. The number of allylic oxidation sites excluding steroid dienone is 2. The lowest BCUT2D eigenvalue weighted by Crippen LogP contribution is -2.89. The number of carbonyl (C=O) groups is 3. The van der Waals surface area contributed by atoms with E-state index in [1.54, 1.807) is 4.90 Å². The molecule has 8 nitrogen and oxygen atoms in total. The Morgan fingerprint density at radius 1 is 1.21 bits per heavy atom. The van der Waals surface area contributed by atoms with E-state index in [0.717, 1.165) is 22.6 Å². The van der Waals surface area contributed by atoms with Crippen LogP contribution in [0.2, 0.25) is 0 Å². The second kappa shape index (κ2) is 7.32. The fourth-order valence-electron chi connectivity index (χ4n) is 3.64. The standard InChI is InChI=1S/C20H21N5O3/c1-24-19(27)15-4-3-11-25(18(15)20(24)28)12-17(26)22-14-8-6-13(7-9-14)16-5-2-10-21-23-16/h2,5-10,21,23H,3-4,11-12H2,1H3,(H,22,26)/p+1. The second-order valence-electron chi connectivity index (χ2n) is 6.94. The Labute approximate surface area is 162 Å². The van der Waals surface area contributed by atoms with E-state index in [1.165, 1.54) is 7.05 Å². The number of nitrogens with one attached hydrogen (secondary N) is 2. The highest BCUT2D eigenvalue weighted by molar-refractivity contribution is 6.19. The van der Waals surface area contributed by atoms with Crippen LogP contribution in [0, 0.1) is 0 Å². The summed E-state index contributed by atoms with van der Waals surface area (Å²) in [7, 11) is 1.48. The maximum Gasteiger partial charge on any atom is 0.277 e. The molecule has 3 amide bonds. The number of hydrogen-bond acceptors (Lipinski definition) is 5. The third-order valence-corrected chi connectivity index (χ3v) is 5.07. The number of hydrogen-bond donors (Lipinski definition) is 3. The van der Waals surface area contributed by atoms with Crippen molar-refractivity contribution in [2.24, 2.45) is 0 Å². The molecule has 4 N–H and O–H groups in total. The predicted octanol–water partition coefficient (Wildman–Crippen LogP) is -0.0902. The molecule has 0 saturated carbocycles. The van der Waals surface area contributed by atoms with Crippen molar-refractivity contribution in [1.29, 1.82) is 0 Å². The maximum atomic E-state index is 12.5. The number of nitrogens with two attached hydrogens (primary N) is 1. The SMILES string of the molecule is CN1C(=O)C2=C(C1=O)N(CC(=O)Nc1ccc(C3=CC=CN[NH2+]3)cc1)CCC2. The molecule has 8 heteroatoms. The van der Waals surface area contributed by atoms with Gasteiger partial charge in [-0.05, 0) is 43.2 Å². The van der Waals surface area contributed by atoms with Crippen LogP contribution >= 0.6 is 0 Å². The van der Waals surface area contributed by atoms with E-state index in [4.69, 9.17) is 0 Å². The summed E-state index contributed by atoms with van der Waals surface area (Å²) in [5, 5.41) is 2.86. The first-order valence-corrected chi connectivity index (χ1v) is 9.21. The normalized spacial score (nSPS) is 18.8. The van der Waals surface area contributed by atoms with Crippen LogP contribution in [0.15, 0.2) is 53.9 Å². The van der Waals surface area contributed by atoms with Gasteiger partial charge in [0.1, 0.15) is 5.70 Å². The lowest BCUT2D eigenvalue weighted by atomic mass is 10.0. The second-order valence-corrected chi connectivity index (χ2v) is 6.94. The summed E-state index contributed by atoms with van der Waals surface area (Å²) in [6, 6.07) is 7.57. The van der Waals surface area contributed by atoms with Gasteiger partial charge in [0.25, 0.3) is 11.8 Å². The van der Waals surface area contributed by atoms with Crippen LogP contribution in [0.5, 0.6) is 0 Å². The molecule has 3 heterocycles. The van der Waals surface area contributed by atoms with Crippen molar-refractivity contribution in [3.8, 4) is 0 Å². The number of quaternary nitrogens is 1. The molecule has 1 aromatic carbocycles. The molecule has 0 saturated heterocycles. The molecule has 1 aromatic rings. The number of carbonyl (C=O) groups excluding carboxylic acids is 3. The smallest absolute Gasteiger partial charge is 0.277 e. The minimum Gasteiger partial charge on any atom is -0.357 e. The average molecular weight is 380 g/mol. The first-order chi connectivity index (χ1) is 13.5. The molecule has 144 valence electrons. The number of likely N-dealkylation sites (N-methyl/N-ethyl adjacent to an activating group) is 1. The molecule has 4 rings (SSSR count). The van der Waals surface area contributed by atoms with Crippen LogP contribution in [0.3, 0.4) is 0 Å². The number of benzene rings is 1. The van der Waals surface area contributed by atoms with E-state index in [-0.39, 0.29) is 24.3 Å². The number of imide groups is 1. The summed E-state index contributed by atoms with van der Waals surface area (Å²) >= 11 is 0. The Morgan fingerprint density at radius 3 is 2.71 bits per heavy atom. The predicted molar refractivity (Wildman–Crippen MR) is 103 cm³/mol. The number of amides is 3. The van der Waals surface area contributed by atoms with Gasteiger partial charge in [-0.25, -0.2) is 10.9 Å². The fourth-order valence-corrected chi connectivity index (χ4v) is 3.64. The van der Waals surface area contributed by atoms with Gasteiger partial charge in [0.15, 0.2) is 5.70 Å². The van der Waals surface area contributed by atoms with E-state index < -0.39 is 0 Å². The highest BCUT2D eigenvalue weighted by Crippen LogP contribution is 2.30. The van der Waals surface area contributed by atoms with Crippen LogP contribution in [-0.4, -0.2) is 47.7 Å². The Morgan fingerprint density at radius 2 is 2.00 bits per heavy atom. The molecule has 0 unspecified atom stereocenters. The summed E-state index contributed by atoms with van der Waals surface area (Å²) in [5.41, 5.74) is 8.64. The number of rotatable bonds is 4. The molecule has 3 aliphatic rings. The van der Waals surface area contributed by atoms with Crippen molar-refractivity contribution in [2.45, 2.75) is 12.8 Å². The van der Waals surface area contributed by atoms with Gasteiger partial charge in [0, 0.05) is 42.7 Å². The van der Waals surface area contributed by atoms with E-state index in [9.17, 15) is 14.4 Å². The zero-order chi connectivity index (χ0) is 19.7. The van der Waals surface area contributed by atoms with Gasteiger partial charge in [-0.3, -0.25) is 19.3 Å². The molecule has 0 atom stereocenters. The monoisotopic (exact) mass is 380 g/mol. The molecule has 0 fully saturated rings. The van der Waals surface area contributed by atoms with E-state index in [0.29, 0.717) is 29.9 Å². The molecule has 0 aliphatic carbocycles. The minimum absolute atomic E-state index is 0.0427. The highest BCUT2D eigenvalue weighted by Gasteiger charge is 2.40. The Bertz CT molecular complexity index is 930. The molecule has 0 aromatic heterocycles. The molecule has 28 heavy (non-hydrogen) atoms. The van der Waals surface area contributed by atoms with Gasteiger partial charge in [-0.2, -0.15) is 0 Å². The maximum absolute atomic E-state index is 12.5. The van der Waals surface area contributed by atoms with E-state index >= 15 is 0 Å². The van der Waals surface area contributed by atoms with Crippen molar-refractivity contribution < 1.29 is 19.8 Å². The zero-order valence-electron chi connectivity index (χ0n) is 15.6. The van der Waals surface area contributed by atoms with Gasteiger partial charge in [0.2, 0.25) is 5.91 Å². The lowest BCUT2D eigenvalue weighted by Gasteiger charge is -2.28. The molecule has 3 aliphatic heterocycles. The first-order valence-electron chi connectivity index (χ1n) is 9.21. The lowest BCUT2D eigenvalue weighted by molar-refractivity contribution is -0.616. The fraction of sp³-hybridized carbons (Fsp3) is 0.250. The average Bonchev–Trinajstić information content (AvgIpc) is 2.94. The zero-order valence-corrected chi connectivity index (χ0v) is 15.6.